The van der Waals surface area contributed by atoms with Crippen molar-refractivity contribution in [2.45, 2.75) is 19.8 Å². The van der Waals surface area contributed by atoms with Gasteiger partial charge in [-0.1, -0.05) is 12.1 Å². The van der Waals surface area contributed by atoms with Crippen molar-refractivity contribution < 1.29 is 4.74 Å². The Labute approximate surface area is 184 Å². The summed E-state index contributed by atoms with van der Waals surface area (Å²) in [5, 5.41) is 3.46. The first-order chi connectivity index (χ1) is 15.3. The van der Waals surface area contributed by atoms with Gasteiger partial charge in [0.25, 0.3) is 0 Å². The third kappa shape index (κ3) is 5.29. The Kier molecular flexibility index (Phi) is 6.92. The van der Waals surface area contributed by atoms with Crippen LogP contribution in [0.2, 0.25) is 0 Å². The summed E-state index contributed by atoms with van der Waals surface area (Å²) < 4.78 is 5.27. The first-order valence-electron chi connectivity index (χ1n) is 11.1. The zero-order valence-electron chi connectivity index (χ0n) is 18.5. The fraction of sp³-hybridized carbons (Fsp3) is 0.417. The van der Waals surface area contributed by atoms with Gasteiger partial charge >= 0.3 is 0 Å². The molecule has 7 heteroatoms. The maximum absolute atomic E-state index is 5.27. The number of hydrogen-bond acceptors (Lipinski definition) is 4. The van der Waals surface area contributed by atoms with Gasteiger partial charge in [-0.15, -0.1) is 0 Å². The summed E-state index contributed by atoms with van der Waals surface area (Å²) in [6.07, 6.45) is 1.88. The number of H-pyrrole nitrogens is 1. The Morgan fingerprint density at radius 2 is 1.87 bits per heavy atom. The molecule has 0 unspecified atom stereocenters. The van der Waals surface area contributed by atoms with Crippen molar-refractivity contribution in [1.29, 1.82) is 0 Å². The number of rotatable bonds is 7. The van der Waals surface area contributed by atoms with Gasteiger partial charge < -0.3 is 24.8 Å². The molecule has 1 saturated heterocycles. The lowest BCUT2D eigenvalue weighted by Crippen LogP contribution is -2.52. The molecule has 2 N–H and O–H groups in total. The number of para-hydroxylation sites is 2. The lowest BCUT2D eigenvalue weighted by molar-refractivity contribution is 0.372. The molecule has 0 bridgehead atoms. The van der Waals surface area contributed by atoms with E-state index in [2.05, 4.69) is 50.2 Å². The monoisotopic (exact) mass is 420 g/mol. The van der Waals surface area contributed by atoms with Gasteiger partial charge in [-0.2, -0.15) is 0 Å². The molecule has 4 rings (SSSR count). The van der Waals surface area contributed by atoms with Gasteiger partial charge in [-0.25, -0.2) is 4.98 Å². The van der Waals surface area contributed by atoms with Gasteiger partial charge in [-0.05, 0) is 49.7 Å². The predicted octanol–water partition coefficient (Wildman–Crippen LogP) is 3.29. The van der Waals surface area contributed by atoms with E-state index < -0.39 is 0 Å². The Morgan fingerprint density at radius 3 is 2.58 bits per heavy atom. The molecule has 1 aliphatic heterocycles. The average Bonchev–Trinajstić information content (AvgIpc) is 3.24. The van der Waals surface area contributed by atoms with Crippen molar-refractivity contribution in [3.8, 4) is 5.75 Å². The number of nitrogens with zero attached hydrogens (tertiary/aromatic N) is 4. The molecule has 7 nitrogen and oxygen atoms in total. The van der Waals surface area contributed by atoms with Crippen LogP contribution in [0.3, 0.4) is 0 Å². The number of methoxy groups -OCH3 is 1. The number of anilines is 1. The summed E-state index contributed by atoms with van der Waals surface area (Å²) in [5.41, 5.74) is 3.38. The van der Waals surface area contributed by atoms with Gasteiger partial charge in [0.05, 0.1) is 18.1 Å². The summed E-state index contributed by atoms with van der Waals surface area (Å²) in [4.78, 5) is 17.7. The molecular weight excluding hydrogens is 388 g/mol. The van der Waals surface area contributed by atoms with Crippen LogP contribution >= 0.6 is 0 Å². The number of guanidine groups is 1. The van der Waals surface area contributed by atoms with Gasteiger partial charge in [-0.3, -0.25) is 4.99 Å². The molecule has 1 fully saturated rings. The number of aliphatic imine (C=N–C) groups is 1. The van der Waals surface area contributed by atoms with Crippen LogP contribution < -0.4 is 15.0 Å². The number of ether oxygens (including phenoxy) is 1. The predicted molar refractivity (Wildman–Crippen MR) is 127 cm³/mol. The number of aromatic amines is 1. The van der Waals surface area contributed by atoms with E-state index in [0.717, 1.165) is 80.7 Å². The smallest absolute Gasteiger partial charge is 0.194 e. The van der Waals surface area contributed by atoms with Crippen molar-refractivity contribution in [3.63, 3.8) is 0 Å². The number of fused-ring (bicyclic) bond motifs is 1. The topological polar surface area (TPSA) is 68.8 Å². The summed E-state index contributed by atoms with van der Waals surface area (Å²) in [6.45, 7) is 7.67. The van der Waals surface area contributed by atoms with Gasteiger partial charge in [0.15, 0.2) is 5.96 Å². The summed E-state index contributed by atoms with van der Waals surface area (Å²) in [6, 6.07) is 16.5. The zero-order chi connectivity index (χ0) is 21.5. The Morgan fingerprint density at radius 1 is 1.10 bits per heavy atom. The Balaban J connectivity index is 1.29. The minimum atomic E-state index is 0.790. The van der Waals surface area contributed by atoms with Crippen molar-refractivity contribution in [2.75, 3.05) is 51.3 Å². The number of imidazole rings is 1. The molecule has 0 aliphatic carbocycles. The summed E-state index contributed by atoms with van der Waals surface area (Å²) >= 11 is 0. The third-order valence-corrected chi connectivity index (χ3v) is 5.62. The highest BCUT2D eigenvalue weighted by atomic mass is 16.5. The first kappa shape index (κ1) is 21.0. The van der Waals surface area contributed by atoms with E-state index >= 15 is 0 Å². The molecule has 1 aromatic heterocycles. The first-order valence-corrected chi connectivity index (χ1v) is 11.1. The number of benzene rings is 2. The summed E-state index contributed by atoms with van der Waals surface area (Å²) in [7, 11) is 1.70. The van der Waals surface area contributed by atoms with Crippen LogP contribution in [-0.4, -0.2) is 67.2 Å². The molecule has 0 atom stereocenters. The van der Waals surface area contributed by atoms with Crippen molar-refractivity contribution in [3.05, 3.63) is 54.4 Å². The molecule has 0 spiro atoms. The van der Waals surface area contributed by atoms with Crippen molar-refractivity contribution in [1.82, 2.24) is 20.2 Å². The maximum Gasteiger partial charge on any atom is 0.194 e. The number of aryl methyl sites for hydroxylation is 1. The SMILES string of the molecule is CCNC(=NCCCc1nc2ccccc2[nH]1)N1CCN(c2ccc(OC)cc2)CC1. The minimum absolute atomic E-state index is 0.790. The van der Waals surface area contributed by atoms with Crippen LogP contribution in [0.4, 0.5) is 5.69 Å². The average molecular weight is 421 g/mol. The van der Waals surface area contributed by atoms with Crippen molar-refractivity contribution in [2.24, 2.45) is 4.99 Å². The number of piperazine rings is 1. The van der Waals surface area contributed by atoms with E-state index in [1.165, 1.54) is 5.69 Å². The molecular formula is C24H32N6O. The minimum Gasteiger partial charge on any atom is -0.497 e. The van der Waals surface area contributed by atoms with E-state index in [0.29, 0.717) is 0 Å². The Bertz CT molecular complexity index is 956. The van der Waals surface area contributed by atoms with Gasteiger partial charge in [0.1, 0.15) is 11.6 Å². The molecule has 1 aliphatic rings. The fourth-order valence-corrected chi connectivity index (χ4v) is 3.95. The molecule has 0 amide bonds. The van der Waals surface area contributed by atoms with Gasteiger partial charge in [0.2, 0.25) is 0 Å². The lowest BCUT2D eigenvalue weighted by atomic mass is 10.2. The molecule has 31 heavy (non-hydrogen) atoms. The van der Waals surface area contributed by atoms with Crippen LogP contribution in [-0.2, 0) is 6.42 Å². The normalized spacial score (nSPS) is 14.8. The van der Waals surface area contributed by atoms with E-state index in [1.54, 1.807) is 7.11 Å². The largest absolute Gasteiger partial charge is 0.497 e. The quantitative estimate of drug-likeness (QED) is 0.349. The highest BCUT2D eigenvalue weighted by Crippen LogP contribution is 2.20. The number of hydrogen-bond donors (Lipinski definition) is 2. The second-order valence-electron chi connectivity index (χ2n) is 7.71. The highest BCUT2D eigenvalue weighted by Gasteiger charge is 2.19. The highest BCUT2D eigenvalue weighted by molar-refractivity contribution is 5.80. The molecule has 2 heterocycles. The summed E-state index contributed by atoms with van der Waals surface area (Å²) in [5.74, 6) is 2.95. The maximum atomic E-state index is 5.27. The molecule has 2 aromatic carbocycles. The van der Waals surface area contributed by atoms with E-state index in [4.69, 9.17) is 9.73 Å². The standard InChI is InChI=1S/C24H32N6O/c1-3-25-24(26-14-6-9-23-27-21-7-4-5-8-22(21)28-23)30-17-15-29(16-18-30)19-10-12-20(31-2)13-11-19/h4-5,7-8,10-13H,3,6,9,14-18H2,1-2H3,(H,25,26)(H,27,28). The van der Waals surface area contributed by atoms with Crippen LogP contribution in [0.25, 0.3) is 11.0 Å². The number of aromatic nitrogens is 2. The van der Waals surface area contributed by atoms with E-state index in [1.807, 2.05) is 30.3 Å². The fourth-order valence-electron chi connectivity index (χ4n) is 3.95. The second kappa shape index (κ2) is 10.2. The van der Waals surface area contributed by atoms with E-state index in [9.17, 15) is 0 Å². The van der Waals surface area contributed by atoms with Crippen LogP contribution in [0.15, 0.2) is 53.5 Å². The molecule has 0 radical (unpaired) electrons. The van der Waals surface area contributed by atoms with Gasteiger partial charge in [0, 0.05) is 51.4 Å². The van der Waals surface area contributed by atoms with Crippen LogP contribution in [0.1, 0.15) is 19.2 Å². The molecule has 3 aromatic rings. The Hall–Kier alpha value is -3.22. The van der Waals surface area contributed by atoms with E-state index in [-0.39, 0.29) is 0 Å². The second-order valence-corrected chi connectivity index (χ2v) is 7.71. The number of nitrogens with one attached hydrogen (secondary N) is 2. The zero-order valence-corrected chi connectivity index (χ0v) is 18.5. The van der Waals surface area contributed by atoms with Crippen LogP contribution in [0.5, 0.6) is 5.75 Å². The lowest BCUT2D eigenvalue weighted by Gasteiger charge is -2.37. The third-order valence-electron chi connectivity index (χ3n) is 5.62. The van der Waals surface area contributed by atoms with Crippen LogP contribution in [0, 0.1) is 0 Å². The molecule has 0 saturated carbocycles. The molecule has 164 valence electrons. The van der Waals surface area contributed by atoms with Crippen molar-refractivity contribution >= 4 is 22.7 Å².